The fraction of sp³-hybridized carbons (Fsp3) is 0.279. The standard InChI is InChI=1S/C31H34ClN7O3.C25H25ClN6O2.C4H4BrClO.CH4/c1-39(2)13-5-8-28(41)35-20-11-9-19(10-12-20)30(42)36-21-14-22(16-23(40)15-21)37-31-34-18-26(32)29(38-31)25-17-33-27-7-4-3-6-24(25)27;26-21-13-29-25(32-23(21)20-12-28-22-4-2-1-3-19(20)22)31-17-9-16(10-18(33)11-17)30-24(34)14-5-7-15(27)8-6-14;5-3-1-2-4(6)7;/h3-12,17-18,21-23,33,40H,13-16H2,1-2H3,(H,35,41)(H,36,42)(H,34,37,38);1-8,12-13,16-18,28,33H,9-11,27H2,(H,30,34)(H,29,31,32);1-2H,3H2;1H4/b8-5+;;2-1+;/t21?,22?,23-;16?,17?,18-;;/m00../s1. The number of para-hydroxylation sites is 2. The molecule has 2 fully saturated rings. The number of hydrogen-bond donors (Lipinski definition) is 10. The van der Waals surface area contributed by atoms with Gasteiger partial charge in [0, 0.05) is 110 Å². The number of aromatic nitrogens is 6. The second kappa shape index (κ2) is 30.7. The molecule has 2 aliphatic rings. The summed E-state index contributed by atoms with van der Waals surface area (Å²) in [6, 6.07) is 28.6. The SMILES string of the molecule is C.CN(C)C/C=C/C(=O)Nc1ccc(C(=O)NC2CC(Nc3ncc(Cl)c(-c4c[nH]c5ccccc45)n3)C[C@@H](O)C2)cc1.Nc1ccc(C(=O)NC2CC(Nc3ncc(Cl)c(-c4c[nH]c5ccccc45)n3)C[C@@H](O)C2)cc1.O=C(Cl)/C=C/CBr. The lowest BCUT2D eigenvalue weighted by Gasteiger charge is -2.33. The van der Waals surface area contributed by atoms with Gasteiger partial charge in [-0.1, -0.05) is 95.1 Å². The van der Waals surface area contributed by atoms with E-state index in [2.05, 4.69) is 67.4 Å². The zero-order valence-electron chi connectivity index (χ0n) is 45.3. The number of nitrogens with one attached hydrogen (secondary N) is 7. The number of halogens is 4. The predicted octanol–water partition coefficient (Wildman–Crippen LogP) is 10.8. The van der Waals surface area contributed by atoms with Crippen LogP contribution in [0.1, 0.15) is 66.7 Å². The van der Waals surface area contributed by atoms with Crippen LogP contribution >= 0.6 is 50.7 Å². The molecule has 0 bridgehead atoms. The highest BCUT2D eigenvalue weighted by Crippen LogP contribution is 2.35. The van der Waals surface area contributed by atoms with Crippen molar-refractivity contribution < 1.29 is 29.4 Å². The molecule has 8 aromatic rings. The number of nitrogens with zero attached hydrogens (tertiary/aromatic N) is 5. The molecule has 23 heteroatoms. The van der Waals surface area contributed by atoms with Crippen LogP contribution in [0.15, 0.2) is 146 Å². The molecule has 3 amide bonds. The molecule has 0 radical (unpaired) electrons. The first-order chi connectivity index (χ1) is 40.0. The number of alkyl halides is 1. The third kappa shape index (κ3) is 18.2. The summed E-state index contributed by atoms with van der Waals surface area (Å²) in [5, 5.41) is 39.7. The van der Waals surface area contributed by atoms with Gasteiger partial charge in [0.15, 0.2) is 0 Å². The van der Waals surface area contributed by atoms with E-state index in [1.165, 1.54) is 12.2 Å². The van der Waals surface area contributed by atoms with Crippen LogP contribution in [0.3, 0.4) is 0 Å². The van der Waals surface area contributed by atoms with Gasteiger partial charge in [0.1, 0.15) is 0 Å². The molecule has 440 valence electrons. The maximum Gasteiger partial charge on any atom is 0.251 e. The number of aliphatic hydroxyl groups excluding tert-OH is 2. The van der Waals surface area contributed by atoms with Gasteiger partial charge in [-0.3, -0.25) is 19.2 Å². The van der Waals surface area contributed by atoms with Crippen LogP contribution in [0, 0.1) is 0 Å². The molecule has 4 unspecified atom stereocenters. The van der Waals surface area contributed by atoms with Gasteiger partial charge in [0.25, 0.3) is 11.8 Å². The van der Waals surface area contributed by atoms with Crippen molar-refractivity contribution in [1.29, 1.82) is 0 Å². The van der Waals surface area contributed by atoms with E-state index in [1.54, 1.807) is 73.1 Å². The molecule has 10 rings (SSSR count). The molecule has 2 aliphatic carbocycles. The second-order valence-corrected chi connectivity index (χ2v) is 22.1. The largest absolute Gasteiger partial charge is 0.399 e. The minimum atomic E-state index is -0.597. The Hall–Kier alpha value is -7.69. The Bertz CT molecular complexity index is 3580. The van der Waals surface area contributed by atoms with Crippen molar-refractivity contribution in [2.45, 2.75) is 82.3 Å². The van der Waals surface area contributed by atoms with E-state index in [1.807, 2.05) is 79.9 Å². The Kier molecular flexibility index (Phi) is 23.4. The van der Waals surface area contributed by atoms with Crippen molar-refractivity contribution in [1.82, 2.24) is 45.4 Å². The molecular weight excluding hydrogens is 1200 g/mol. The van der Waals surface area contributed by atoms with E-state index in [0.717, 1.165) is 32.9 Å². The van der Waals surface area contributed by atoms with E-state index < -0.39 is 17.5 Å². The molecule has 11 N–H and O–H groups in total. The van der Waals surface area contributed by atoms with Crippen LogP contribution in [0.25, 0.3) is 44.3 Å². The second-order valence-electron chi connectivity index (χ2n) is 20.2. The summed E-state index contributed by atoms with van der Waals surface area (Å²) in [7, 11) is 3.85. The lowest BCUT2D eigenvalue weighted by Crippen LogP contribution is -2.46. The number of benzene rings is 4. The Morgan fingerprint density at radius 2 is 1.11 bits per heavy atom. The maximum atomic E-state index is 13.0. The number of anilines is 4. The van der Waals surface area contributed by atoms with E-state index in [9.17, 15) is 29.4 Å². The summed E-state index contributed by atoms with van der Waals surface area (Å²) in [6.45, 7) is 0.664. The fourth-order valence-corrected chi connectivity index (χ4v) is 10.4. The summed E-state index contributed by atoms with van der Waals surface area (Å²) in [6.07, 6.45) is 15.1. The number of hydrogen-bond acceptors (Lipinski definition) is 14. The van der Waals surface area contributed by atoms with Gasteiger partial charge in [-0.05, 0) is 131 Å². The molecule has 0 aliphatic heterocycles. The number of aliphatic hydroxyl groups is 2. The Labute approximate surface area is 510 Å². The average molecular weight is 1260 g/mol. The van der Waals surface area contributed by atoms with Crippen molar-refractivity contribution in [3.63, 3.8) is 0 Å². The van der Waals surface area contributed by atoms with Gasteiger partial charge in [-0.2, -0.15) is 0 Å². The highest BCUT2D eigenvalue weighted by atomic mass is 79.9. The number of rotatable bonds is 16. The first-order valence-electron chi connectivity index (χ1n) is 26.7. The van der Waals surface area contributed by atoms with Crippen molar-refractivity contribution >= 4 is 119 Å². The molecule has 4 aromatic heterocycles. The van der Waals surface area contributed by atoms with Crippen LogP contribution in [0.5, 0.6) is 0 Å². The third-order valence-corrected chi connectivity index (χ3v) is 14.6. The molecule has 4 heterocycles. The zero-order chi connectivity index (χ0) is 59.0. The normalized spacial score (nSPS) is 18.4. The number of H-pyrrole nitrogens is 2. The van der Waals surface area contributed by atoms with E-state index in [-0.39, 0.29) is 49.3 Å². The number of carbonyl (C=O) groups excluding carboxylic acids is 4. The number of nitrogens with two attached hydrogens (primary N) is 1. The molecule has 84 heavy (non-hydrogen) atoms. The number of amides is 3. The summed E-state index contributed by atoms with van der Waals surface area (Å²) >= 11 is 20.9. The van der Waals surface area contributed by atoms with Gasteiger partial charge in [-0.25, -0.2) is 19.9 Å². The van der Waals surface area contributed by atoms with Crippen molar-refractivity contribution in [3.05, 3.63) is 167 Å². The summed E-state index contributed by atoms with van der Waals surface area (Å²) in [5.74, 6) is 0.149. The molecule has 6 atom stereocenters. The van der Waals surface area contributed by atoms with Gasteiger partial charge in [0.2, 0.25) is 23.0 Å². The zero-order valence-corrected chi connectivity index (χ0v) is 49.2. The van der Waals surface area contributed by atoms with E-state index in [0.29, 0.717) is 106 Å². The minimum Gasteiger partial charge on any atom is -0.399 e. The Morgan fingerprint density at radius 1 is 0.655 bits per heavy atom. The number of aromatic amines is 2. The average Bonchev–Trinajstić information content (AvgIpc) is 3.95. The smallest absolute Gasteiger partial charge is 0.251 e. The molecule has 0 spiro atoms. The first-order valence-corrected chi connectivity index (χ1v) is 28.9. The van der Waals surface area contributed by atoms with Crippen molar-refractivity contribution in [2.75, 3.05) is 47.7 Å². The maximum absolute atomic E-state index is 13.0. The van der Waals surface area contributed by atoms with E-state index in [4.69, 9.17) is 45.5 Å². The highest BCUT2D eigenvalue weighted by molar-refractivity contribution is 9.09. The monoisotopic (exact) mass is 1260 g/mol. The molecular formula is C61H67BrCl3N13O6. The Morgan fingerprint density at radius 3 is 1.55 bits per heavy atom. The molecule has 0 saturated heterocycles. The summed E-state index contributed by atoms with van der Waals surface area (Å²) in [5.41, 5.74) is 12.9. The lowest BCUT2D eigenvalue weighted by molar-refractivity contribution is -0.112. The summed E-state index contributed by atoms with van der Waals surface area (Å²) < 4.78 is 0. The van der Waals surface area contributed by atoms with E-state index >= 15 is 0 Å². The van der Waals surface area contributed by atoms with Gasteiger partial charge < -0.3 is 57.4 Å². The fourth-order valence-electron chi connectivity index (χ4n) is 9.77. The minimum absolute atomic E-state index is 0. The van der Waals surface area contributed by atoms with Crippen LogP contribution in [0.2, 0.25) is 10.0 Å². The number of nitrogen functional groups attached to an aromatic ring is 1. The number of likely N-dealkylation sites (N-methyl/N-ethyl adjacent to an activating group) is 1. The highest BCUT2D eigenvalue weighted by Gasteiger charge is 2.31. The molecule has 2 saturated carbocycles. The number of fused-ring (bicyclic) bond motifs is 2. The quantitative estimate of drug-likeness (QED) is 0.0186. The lowest BCUT2D eigenvalue weighted by atomic mass is 9.88. The van der Waals surface area contributed by atoms with Gasteiger partial charge in [0.05, 0.1) is 46.0 Å². The van der Waals surface area contributed by atoms with Gasteiger partial charge >= 0.3 is 0 Å². The predicted molar refractivity (Wildman–Crippen MR) is 340 cm³/mol. The topological polar surface area (TPSA) is 281 Å². The van der Waals surface area contributed by atoms with Crippen LogP contribution in [0.4, 0.5) is 23.3 Å². The van der Waals surface area contributed by atoms with Crippen molar-refractivity contribution in [2.24, 2.45) is 0 Å². The molecule has 19 nitrogen and oxygen atoms in total. The van der Waals surface area contributed by atoms with Crippen LogP contribution in [-0.2, 0) is 9.59 Å². The Balaban J connectivity index is 0.000000217. The molecule has 4 aromatic carbocycles. The van der Waals surface area contributed by atoms with Crippen LogP contribution < -0.4 is 32.3 Å². The number of allylic oxidation sites excluding steroid dienone is 2. The van der Waals surface area contributed by atoms with Gasteiger partial charge in [-0.15, -0.1) is 0 Å². The third-order valence-electron chi connectivity index (χ3n) is 13.5. The first kappa shape index (κ1) is 63.9. The number of carbonyl (C=O) groups is 4. The van der Waals surface area contributed by atoms with Crippen LogP contribution in [-0.4, -0.2) is 130 Å². The van der Waals surface area contributed by atoms with Crippen molar-refractivity contribution in [3.8, 4) is 22.5 Å². The summed E-state index contributed by atoms with van der Waals surface area (Å²) in [4.78, 5) is 74.0.